The predicted octanol–water partition coefficient (Wildman–Crippen LogP) is 2.85. The molecule has 0 bridgehead atoms. The molecule has 1 aliphatic rings. The minimum absolute atomic E-state index is 0.195. The Morgan fingerprint density at radius 3 is 2.36 bits per heavy atom. The summed E-state index contributed by atoms with van der Waals surface area (Å²) < 4.78 is 43.2. The highest BCUT2D eigenvalue weighted by Crippen LogP contribution is 2.31. The Balaban J connectivity index is 1.64. The van der Waals surface area contributed by atoms with Gasteiger partial charge in [0.05, 0.1) is 18.2 Å². The van der Waals surface area contributed by atoms with Crippen molar-refractivity contribution in [2.75, 3.05) is 38.2 Å². The van der Waals surface area contributed by atoms with Gasteiger partial charge in [-0.05, 0) is 30.3 Å². The second kappa shape index (κ2) is 7.87. The smallest absolute Gasteiger partial charge is 0.416 e. The van der Waals surface area contributed by atoms with Crippen molar-refractivity contribution in [2.24, 2.45) is 0 Å². The van der Waals surface area contributed by atoms with Crippen molar-refractivity contribution in [1.29, 1.82) is 0 Å². The molecule has 28 heavy (non-hydrogen) atoms. The number of carbonyl (C=O) groups excluding carboxylic acids is 2. The van der Waals surface area contributed by atoms with Crippen molar-refractivity contribution in [1.82, 2.24) is 9.88 Å². The van der Waals surface area contributed by atoms with Crippen LogP contribution in [0.15, 0.2) is 42.6 Å². The van der Waals surface area contributed by atoms with E-state index in [0.29, 0.717) is 31.9 Å². The van der Waals surface area contributed by atoms with Gasteiger partial charge in [-0.15, -0.1) is 0 Å². The van der Waals surface area contributed by atoms with E-state index in [-0.39, 0.29) is 17.2 Å². The molecule has 6 nitrogen and oxygen atoms in total. The van der Waals surface area contributed by atoms with Crippen LogP contribution in [0.4, 0.5) is 18.9 Å². The summed E-state index contributed by atoms with van der Waals surface area (Å²) in [5.41, 5.74) is 0.217. The number of piperazine rings is 1. The molecular weight excluding hydrogens is 375 g/mol. The van der Waals surface area contributed by atoms with Crippen LogP contribution >= 0.6 is 0 Å². The van der Waals surface area contributed by atoms with Crippen LogP contribution < -0.4 is 4.90 Å². The third-order valence-corrected chi connectivity index (χ3v) is 4.51. The largest absolute Gasteiger partial charge is 0.465 e. The topological polar surface area (TPSA) is 62.7 Å². The van der Waals surface area contributed by atoms with Crippen LogP contribution in [-0.2, 0) is 10.9 Å². The number of carbonyl (C=O) groups is 2. The van der Waals surface area contributed by atoms with Crippen molar-refractivity contribution in [3.8, 4) is 0 Å². The molecule has 2 heterocycles. The first-order chi connectivity index (χ1) is 13.3. The molecule has 3 rings (SSSR count). The van der Waals surface area contributed by atoms with Gasteiger partial charge in [0.15, 0.2) is 0 Å². The number of pyridine rings is 1. The molecule has 2 aromatic rings. The maximum absolute atomic E-state index is 12.9. The number of alkyl halides is 3. The first-order valence-corrected chi connectivity index (χ1v) is 8.55. The summed E-state index contributed by atoms with van der Waals surface area (Å²) in [6.07, 6.45) is -3.12. The lowest BCUT2D eigenvalue weighted by Gasteiger charge is -2.36. The second-order valence-corrected chi connectivity index (χ2v) is 6.25. The number of benzene rings is 1. The molecule has 9 heteroatoms. The molecule has 0 saturated carbocycles. The first kappa shape index (κ1) is 19.7. The number of aromatic nitrogens is 1. The minimum Gasteiger partial charge on any atom is -0.465 e. The molecule has 0 aliphatic carbocycles. The monoisotopic (exact) mass is 393 g/mol. The van der Waals surface area contributed by atoms with E-state index >= 15 is 0 Å². The number of nitrogens with zero attached hydrogens (tertiary/aromatic N) is 3. The van der Waals surface area contributed by atoms with Crippen molar-refractivity contribution >= 4 is 17.6 Å². The highest BCUT2D eigenvalue weighted by atomic mass is 19.4. The zero-order valence-electron chi connectivity index (χ0n) is 15.1. The van der Waals surface area contributed by atoms with Crippen LogP contribution in [0.3, 0.4) is 0 Å². The molecule has 1 saturated heterocycles. The molecule has 1 fully saturated rings. The Labute approximate surface area is 159 Å². The standard InChI is InChI=1S/C19H18F3N3O3/c1-28-18(27)13-5-6-16(23-12-13)17(26)25-9-7-24(8-10-25)15-4-2-3-14(11-15)19(20,21)22/h2-6,11-12H,7-10H2,1H3. The molecule has 148 valence electrons. The highest BCUT2D eigenvalue weighted by Gasteiger charge is 2.31. The number of methoxy groups -OCH3 is 1. The maximum atomic E-state index is 12.9. The summed E-state index contributed by atoms with van der Waals surface area (Å²) in [6.45, 7) is 1.53. The van der Waals surface area contributed by atoms with Gasteiger partial charge in [0.2, 0.25) is 0 Å². The summed E-state index contributed by atoms with van der Waals surface area (Å²) in [4.78, 5) is 31.4. The zero-order chi connectivity index (χ0) is 20.3. The zero-order valence-corrected chi connectivity index (χ0v) is 15.1. The number of anilines is 1. The third kappa shape index (κ3) is 4.24. The fourth-order valence-corrected chi connectivity index (χ4v) is 2.97. The normalized spacial score (nSPS) is 14.7. The van der Waals surface area contributed by atoms with Gasteiger partial charge < -0.3 is 14.5 Å². The molecular formula is C19H18F3N3O3. The lowest BCUT2D eigenvalue weighted by atomic mass is 10.1. The average molecular weight is 393 g/mol. The SMILES string of the molecule is COC(=O)c1ccc(C(=O)N2CCN(c3cccc(C(F)(F)F)c3)CC2)nc1. The molecule has 1 aromatic carbocycles. The van der Waals surface area contributed by atoms with Crippen LogP contribution in [0.5, 0.6) is 0 Å². The van der Waals surface area contributed by atoms with Crippen LogP contribution in [0.2, 0.25) is 0 Å². The van der Waals surface area contributed by atoms with E-state index in [1.807, 2.05) is 4.90 Å². The fourth-order valence-electron chi connectivity index (χ4n) is 2.97. The summed E-state index contributed by atoms with van der Waals surface area (Å²) in [5, 5.41) is 0. The first-order valence-electron chi connectivity index (χ1n) is 8.55. The lowest BCUT2D eigenvalue weighted by molar-refractivity contribution is -0.137. The Bertz CT molecular complexity index is 861. The third-order valence-electron chi connectivity index (χ3n) is 4.51. The van der Waals surface area contributed by atoms with Crippen LogP contribution in [0.25, 0.3) is 0 Å². The van der Waals surface area contributed by atoms with Crippen molar-refractivity contribution in [3.05, 3.63) is 59.4 Å². The van der Waals surface area contributed by atoms with E-state index in [4.69, 9.17) is 0 Å². The van der Waals surface area contributed by atoms with E-state index in [0.717, 1.165) is 12.1 Å². The Kier molecular flexibility index (Phi) is 5.53. The van der Waals surface area contributed by atoms with Crippen LogP contribution in [0.1, 0.15) is 26.4 Å². The Hall–Kier alpha value is -3.10. The van der Waals surface area contributed by atoms with E-state index in [9.17, 15) is 22.8 Å². The fraction of sp³-hybridized carbons (Fsp3) is 0.316. The number of hydrogen-bond donors (Lipinski definition) is 0. The number of esters is 1. The van der Waals surface area contributed by atoms with Gasteiger partial charge in [0, 0.05) is 38.1 Å². The van der Waals surface area contributed by atoms with E-state index in [1.54, 1.807) is 11.0 Å². The van der Waals surface area contributed by atoms with E-state index < -0.39 is 17.7 Å². The van der Waals surface area contributed by atoms with Crippen LogP contribution in [-0.4, -0.2) is 55.0 Å². The van der Waals surface area contributed by atoms with Gasteiger partial charge in [0.1, 0.15) is 5.69 Å². The molecule has 0 unspecified atom stereocenters. The van der Waals surface area contributed by atoms with Gasteiger partial charge >= 0.3 is 12.1 Å². The molecule has 0 N–H and O–H groups in total. The number of hydrogen-bond acceptors (Lipinski definition) is 5. The molecule has 0 atom stereocenters. The van der Waals surface area contributed by atoms with Crippen LogP contribution in [0, 0.1) is 0 Å². The summed E-state index contributed by atoms with van der Waals surface area (Å²) >= 11 is 0. The second-order valence-electron chi connectivity index (χ2n) is 6.25. The number of amides is 1. The lowest BCUT2D eigenvalue weighted by Crippen LogP contribution is -2.49. The number of rotatable bonds is 3. The molecule has 0 radical (unpaired) electrons. The van der Waals surface area contributed by atoms with Gasteiger partial charge in [-0.25, -0.2) is 4.79 Å². The van der Waals surface area contributed by atoms with Crippen molar-refractivity contribution in [3.63, 3.8) is 0 Å². The number of halogens is 3. The molecule has 1 amide bonds. The summed E-state index contributed by atoms with van der Waals surface area (Å²) in [7, 11) is 1.26. The highest BCUT2D eigenvalue weighted by molar-refractivity contribution is 5.94. The quantitative estimate of drug-likeness (QED) is 0.751. The Morgan fingerprint density at radius 1 is 1.07 bits per heavy atom. The molecule has 0 spiro atoms. The van der Waals surface area contributed by atoms with E-state index in [1.165, 1.54) is 31.5 Å². The van der Waals surface area contributed by atoms with Crippen molar-refractivity contribution in [2.45, 2.75) is 6.18 Å². The van der Waals surface area contributed by atoms with Gasteiger partial charge in [-0.3, -0.25) is 9.78 Å². The maximum Gasteiger partial charge on any atom is 0.416 e. The van der Waals surface area contributed by atoms with Crippen molar-refractivity contribution < 1.29 is 27.5 Å². The molecule has 1 aliphatic heterocycles. The van der Waals surface area contributed by atoms with Gasteiger partial charge in [-0.1, -0.05) is 6.07 Å². The number of ether oxygens (including phenoxy) is 1. The minimum atomic E-state index is -4.39. The Morgan fingerprint density at radius 2 is 1.79 bits per heavy atom. The summed E-state index contributed by atoms with van der Waals surface area (Å²) in [5.74, 6) is -0.832. The molecule has 1 aromatic heterocycles. The van der Waals surface area contributed by atoms with Gasteiger partial charge in [-0.2, -0.15) is 13.2 Å². The predicted molar refractivity (Wildman–Crippen MR) is 95.1 cm³/mol. The van der Waals surface area contributed by atoms with Gasteiger partial charge in [0.25, 0.3) is 5.91 Å². The summed E-state index contributed by atoms with van der Waals surface area (Å²) in [6, 6.07) is 8.07. The average Bonchev–Trinajstić information content (AvgIpc) is 2.72. The van der Waals surface area contributed by atoms with E-state index in [2.05, 4.69) is 9.72 Å².